The van der Waals surface area contributed by atoms with Crippen LogP contribution in [0.5, 0.6) is 5.75 Å². The van der Waals surface area contributed by atoms with Gasteiger partial charge in [0.1, 0.15) is 0 Å². The molecule has 5 heteroatoms. The Labute approximate surface area is 176 Å². The molecule has 1 atom stereocenters. The van der Waals surface area contributed by atoms with Gasteiger partial charge in [0.15, 0.2) is 11.6 Å². The van der Waals surface area contributed by atoms with Crippen LogP contribution in [0.1, 0.15) is 50.2 Å². The summed E-state index contributed by atoms with van der Waals surface area (Å²) in [7, 11) is 0. The van der Waals surface area contributed by atoms with Gasteiger partial charge in [-0.15, -0.1) is 0 Å². The van der Waals surface area contributed by atoms with Crippen molar-refractivity contribution in [1.82, 2.24) is 4.98 Å². The average molecular weight is 409 g/mol. The van der Waals surface area contributed by atoms with Gasteiger partial charge in [0.05, 0.1) is 11.5 Å². The maximum atomic E-state index is 14.8. The summed E-state index contributed by atoms with van der Waals surface area (Å²) in [4.78, 5) is 14.6. The fraction of sp³-hybridized carbons (Fsp3) is 0.400. The highest BCUT2D eigenvalue weighted by Gasteiger charge is 2.41. The first-order chi connectivity index (χ1) is 14.5. The Bertz CT molecular complexity index is 1090. The van der Waals surface area contributed by atoms with Gasteiger partial charge in [0.2, 0.25) is 0 Å². The number of aromatic amines is 1. The summed E-state index contributed by atoms with van der Waals surface area (Å²) in [5, 5.41) is 1.07. The minimum Gasteiger partial charge on any atom is -0.487 e. The Kier molecular flexibility index (Phi) is 5.65. The number of pyridine rings is 1. The summed E-state index contributed by atoms with van der Waals surface area (Å²) in [5.74, 6) is -0.230. The quantitative estimate of drug-likeness (QED) is 0.626. The first-order valence-electron chi connectivity index (χ1n) is 10.7. The number of aromatic nitrogens is 1. The molecule has 0 saturated heterocycles. The van der Waals surface area contributed by atoms with E-state index in [0.29, 0.717) is 10.9 Å². The number of hydrogen-bond acceptors (Lipinski definition) is 3. The molecular weight excluding hydrogens is 379 g/mol. The van der Waals surface area contributed by atoms with Crippen LogP contribution in [0, 0.1) is 12.7 Å². The summed E-state index contributed by atoms with van der Waals surface area (Å²) in [5.41, 5.74) is 8.19. The van der Waals surface area contributed by atoms with Crippen molar-refractivity contribution in [2.45, 2.75) is 63.5 Å². The van der Waals surface area contributed by atoms with Gasteiger partial charge in [-0.25, -0.2) is 4.39 Å². The van der Waals surface area contributed by atoms with Crippen molar-refractivity contribution in [3.8, 4) is 5.75 Å². The lowest BCUT2D eigenvalue weighted by molar-refractivity contribution is 0.0994. The van der Waals surface area contributed by atoms with Crippen LogP contribution in [0.2, 0.25) is 0 Å². The Balaban J connectivity index is 1.58. The lowest BCUT2D eigenvalue weighted by Gasteiger charge is -2.44. The molecule has 1 aliphatic carbocycles. The van der Waals surface area contributed by atoms with Crippen molar-refractivity contribution in [1.29, 1.82) is 0 Å². The van der Waals surface area contributed by atoms with Gasteiger partial charge in [-0.05, 0) is 62.1 Å². The number of nitrogens with one attached hydrogen (secondary N) is 1. The normalized spacial score (nSPS) is 22.7. The molecule has 30 heavy (non-hydrogen) atoms. The molecule has 0 spiro atoms. The highest BCUT2D eigenvalue weighted by Crippen LogP contribution is 2.44. The van der Waals surface area contributed by atoms with Gasteiger partial charge in [-0.1, -0.05) is 37.3 Å². The molecule has 4 rings (SSSR count). The van der Waals surface area contributed by atoms with Crippen LogP contribution in [0.15, 0.2) is 53.5 Å². The molecule has 0 amide bonds. The lowest BCUT2D eigenvalue weighted by Crippen LogP contribution is -2.48. The first-order valence-corrected chi connectivity index (χ1v) is 10.7. The van der Waals surface area contributed by atoms with E-state index in [9.17, 15) is 9.18 Å². The second-order valence-corrected chi connectivity index (χ2v) is 8.43. The molecule has 1 saturated carbocycles. The van der Waals surface area contributed by atoms with Gasteiger partial charge in [-0.3, -0.25) is 4.79 Å². The van der Waals surface area contributed by atoms with Crippen molar-refractivity contribution < 1.29 is 9.13 Å². The number of fused-ring (bicyclic) bond motifs is 1. The fourth-order valence-corrected chi connectivity index (χ4v) is 5.02. The first kappa shape index (κ1) is 20.6. The smallest absolute Gasteiger partial charge is 0.255 e. The molecule has 3 N–H and O–H groups in total. The molecule has 0 aliphatic heterocycles. The zero-order valence-corrected chi connectivity index (χ0v) is 17.6. The van der Waals surface area contributed by atoms with Gasteiger partial charge < -0.3 is 15.5 Å². The number of rotatable bonds is 5. The van der Waals surface area contributed by atoms with Crippen molar-refractivity contribution >= 4 is 10.8 Å². The molecule has 1 heterocycles. The van der Waals surface area contributed by atoms with Gasteiger partial charge in [0.25, 0.3) is 5.56 Å². The molecule has 2 aromatic carbocycles. The van der Waals surface area contributed by atoms with E-state index >= 15 is 0 Å². The third-order valence-corrected chi connectivity index (χ3v) is 6.84. The van der Waals surface area contributed by atoms with E-state index in [0.717, 1.165) is 37.5 Å². The minimum absolute atomic E-state index is 0.0693. The van der Waals surface area contributed by atoms with E-state index in [1.54, 1.807) is 12.3 Å². The average Bonchev–Trinajstić information content (AvgIpc) is 2.78. The van der Waals surface area contributed by atoms with E-state index < -0.39 is 5.82 Å². The van der Waals surface area contributed by atoms with Crippen molar-refractivity contribution in [3.63, 3.8) is 0 Å². The molecular formula is C25H29FN2O2. The number of benzene rings is 2. The topological polar surface area (TPSA) is 68.1 Å². The molecule has 1 unspecified atom stereocenters. The van der Waals surface area contributed by atoms with Crippen LogP contribution in [-0.2, 0) is 5.41 Å². The number of nitrogens with two attached hydrogens (primary N) is 1. The van der Waals surface area contributed by atoms with E-state index in [-0.39, 0.29) is 28.9 Å². The molecule has 1 fully saturated rings. The van der Waals surface area contributed by atoms with Gasteiger partial charge in [0, 0.05) is 23.2 Å². The minimum atomic E-state index is -0.484. The third-order valence-electron chi connectivity index (χ3n) is 6.84. The second kappa shape index (κ2) is 8.23. The summed E-state index contributed by atoms with van der Waals surface area (Å²) >= 11 is 0. The number of H-pyrrole nitrogens is 1. The van der Waals surface area contributed by atoms with Crippen LogP contribution in [0.4, 0.5) is 4.39 Å². The Morgan fingerprint density at radius 3 is 2.57 bits per heavy atom. The maximum Gasteiger partial charge on any atom is 0.255 e. The van der Waals surface area contributed by atoms with Crippen molar-refractivity contribution in [2.24, 2.45) is 5.73 Å². The molecule has 4 nitrogen and oxygen atoms in total. The molecule has 158 valence electrons. The standard InChI is InChI=1S/C25H29FN2O2/c1-3-22(27)25(17-7-5-4-6-8-17)12-9-18(10-13-25)30-23-16(2)19-11-14-28-24(29)20(19)15-21(23)26/h4-8,11,14-15,18,22H,3,9-10,12-13,27H2,1-2H3,(H,28,29). The summed E-state index contributed by atoms with van der Waals surface area (Å²) < 4.78 is 21.0. The van der Waals surface area contributed by atoms with Crippen LogP contribution in [0.25, 0.3) is 10.8 Å². The van der Waals surface area contributed by atoms with E-state index in [1.807, 2.05) is 13.0 Å². The van der Waals surface area contributed by atoms with Gasteiger partial charge >= 0.3 is 0 Å². The van der Waals surface area contributed by atoms with E-state index in [2.05, 4.69) is 36.2 Å². The second-order valence-electron chi connectivity index (χ2n) is 8.43. The SMILES string of the molecule is CCC(N)C1(c2ccccc2)CCC(Oc2c(F)cc3c(=O)[nH]ccc3c2C)CC1. The van der Waals surface area contributed by atoms with E-state index in [4.69, 9.17) is 10.5 Å². The van der Waals surface area contributed by atoms with Crippen LogP contribution in [0.3, 0.4) is 0 Å². The lowest BCUT2D eigenvalue weighted by atomic mass is 9.64. The number of ether oxygens (including phenoxy) is 1. The highest BCUT2D eigenvalue weighted by molar-refractivity contribution is 5.86. The zero-order valence-electron chi connectivity index (χ0n) is 17.6. The zero-order chi connectivity index (χ0) is 21.3. The summed E-state index contributed by atoms with van der Waals surface area (Å²) in [6.07, 6.45) is 5.87. The summed E-state index contributed by atoms with van der Waals surface area (Å²) in [6, 6.07) is 13.6. The molecule has 0 radical (unpaired) electrons. The largest absolute Gasteiger partial charge is 0.487 e. The molecule has 1 aromatic heterocycles. The van der Waals surface area contributed by atoms with Gasteiger partial charge in [-0.2, -0.15) is 0 Å². The number of halogens is 1. The predicted molar refractivity (Wildman–Crippen MR) is 119 cm³/mol. The van der Waals surface area contributed by atoms with Crippen LogP contribution < -0.4 is 16.0 Å². The van der Waals surface area contributed by atoms with Crippen LogP contribution in [-0.4, -0.2) is 17.1 Å². The fourth-order valence-electron chi connectivity index (χ4n) is 5.02. The monoisotopic (exact) mass is 408 g/mol. The molecule has 3 aromatic rings. The molecule has 1 aliphatic rings. The number of hydrogen-bond donors (Lipinski definition) is 2. The van der Waals surface area contributed by atoms with Crippen molar-refractivity contribution in [3.05, 3.63) is 76.0 Å². The van der Waals surface area contributed by atoms with Crippen molar-refractivity contribution in [2.75, 3.05) is 0 Å². The Morgan fingerprint density at radius 1 is 1.20 bits per heavy atom. The number of aryl methyl sites for hydroxylation is 1. The summed E-state index contributed by atoms with van der Waals surface area (Å²) in [6.45, 7) is 3.94. The van der Waals surface area contributed by atoms with Crippen LogP contribution >= 0.6 is 0 Å². The Hall–Kier alpha value is -2.66. The predicted octanol–water partition coefficient (Wildman–Crippen LogP) is 4.97. The maximum absolute atomic E-state index is 14.8. The Morgan fingerprint density at radius 2 is 1.90 bits per heavy atom. The third kappa shape index (κ3) is 3.52. The molecule has 0 bridgehead atoms. The van der Waals surface area contributed by atoms with E-state index in [1.165, 1.54) is 11.6 Å². The highest BCUT2D eigenvalue weighted by atomic mass is 19.1.